The lowest BCUT2D eigenvalue weighted by atomic mass is 10.0. The summed E-state index contributed by atoms with van der Waals surface area (Å²) in [6.07, 6.45) is 0.721. The van der Waals surface area contributed by atoms with E-state index in [1.54, 1.807) is 48.5 Å². The molecule has 142 valence electrons. The Labute approximate surface area is 163 Å². The van der Waals surface area contributed by atoms with Crippen LogP contribution < -0.4 is 5.32 Å². The molecule has 0 aliphatic heterocycles. The van der Waals surface area contributed by atoms with Gasteiger partial charge in [-0.1, -0.05) is 54.6 Å². The molecule has 0 aromatic heterocycles. The van der Waals surface area contributed by atoms with Gasteiger partial charge in [-0.25, -0.2) is 4.79 Å². The molecule has 3 rings (SSSR count). The van der Waals surface area contributed by atoms with E-state index < -0.39 is 5.97 Å². The van der Waals surface area contributed by atoms with Crippen molar-refractivity contribution in [2.45, 2.75) is 6.42 Å². The molecule has 28 heavy (non-hydrogen) atoms. The third-order valence-electron chi connectivity index (χ3n) is 4.23. The van der Waals surface area contributed by atoms with Gasteiger partial charge < -0.3 is 15.2 Å². The summed E-state index contributed by atoms with van der Waals surface area (Å²) in [4.78, 5) is 23.9. The summed E-state index contributed by atoms with van der Waals surface area (Å²) in [5.74, 6) is -0.675. The van der Waals surface area contributed by atoms with Gasteiger partial charge in [-0.3, -0.25) is 4.79 Å². The summed E-state index contributed by atoms with van der Waals surface area (Å²) in [5.41, 5.74) is 3.35. The fraction of sp³-hybridized carbons (Fsp3) is 0.130. The summed E-state index contributed by atoms with van der Waals surface area (Å²) >= 11 is 0. The second kappa shape index (κ2) is 9.37. The van der Waals surface area contributed by atoms with Gasteiger partial charge in [-0.05, 0) is 47.4 Å². The van der Waals surface area contributed by atoms with Crippen LogP contribution in [0, 0.1) is 0 Å². The number of hydrogen-bond acceptors (Lipinski definition) is 4. The van der Waals surface area contributed by atoms with E-state index in [1.807, 2.05) is 30.3 Å². The first kappa shape index (κ1) is 19.2. The summed E-state index contributed by atoms with van der Waals surface area (Å²) in [5, 5.41) is 12.1. The number of phenolic OH excluding ortho intramolecular Hbond substituents is 1. The highest BCUT2D eigenvalue weighted by atomic mass is 16.5. The summed E-state index contributed by atoms with van der Waals surface area (Å²) in [6.45, 7) is 0.176. The number of phenols is 1. The molecule has 3 aromatic carbocycles. The van der Waals surface area contributed by atoms with Crippen LogP contribution in [-0.2, 0) is 16.0 Å². The first-order valence-corrected chi connectivity index (χ1v) is 8.99. The Morgan fingerprint density at radius 2 is 1.43 bits per heavy atom. The zero-order chi connectivity index (χ0) is 19.8. The Morgan fingerprint density at radius 1 is 0.821 bits per heavy atom. The molecule has 0 bridgehead atoms. The Bertz CT molecular complexity index is 919. The predicted molar refractivity (Wildman–Crippen MR) is 107 cm³/mol. The van der Waals surface area contributed by atoms with Gasteiger partial charge in [0.15, 0.2) is 6.61 Å². The van der Waals surface area contributed by atoms with Gasteiger partial charge in [-0.2, -0.15) is 0 Å². The molecule has 0 radical (unpaired) electrons. The lowest BCUT2D eigenvalue weighted by molar-refractivity contribution is -0.124. The number of amides is 1. The Balaban J connectivity index is 1.45. The molecule has 5 nitrogen and oxygen atoms in total. The molecule has 2 N–H and O–H groups in total. The Morgan fingerprint density at radius 3 is 2.07 bits per heavy atom. The van der Waals surface area contributed by atoms with E-state index in [4.69, 9.17) is 4.74 Å². The number of aromatic hydroxyl groups is 1. The van der Waals surface area contributed by atoms with Crippen molar-refractivity contribution in [3.63, 3.8) is 0 Å². The topological polar surface area (TPSA) is 75.6 Å². The summed E-state index contributed by atoms with van der Waals surface area (Å²) in [7, 11) is 0. The summed E-state index contributed by atoms with van der Waals surface area (Å²) < 4.78 is 5.07. The van der Waals surface area contributed by atoms with Crippen molar-refractivity contribution in [2.24, 2.45) is 0 Å². The van der Waals surface area contributed by atoms with Crippen LogP contribution >= 0.6 is 0 Å². The van der Waals surface area contributed by atoms with Gasteiger partial charge >= 0.3 is 5.97 Å². The van der Waals surface area contributed by atoms with Crippen LogP contribution in [-0.4, -0.2) is 30.1 Å². The highest BCUT2D eigenvalue weighted by Crippen LogP contribution is 2.22. The molecular weight excluding hydrogens is 354 g/mol. The maximum Gasteiger partial charge on any atom is 0.338 e. The largest absolute Gasteiger partial charge is 0.508 e. The van der Waals surface area contributed by atoms with Gasteiger partial charge in [0.2, 0.25) is 0 Å². The maximum absolute atomic E-state index is 12.1. The molecule has 0 saturated heterocycles. The third-order valence-corrected chi connectivity index (χ3v) is 4.23. The van der Waals surface area contributed by atoms with Crippen LogP contribution in [0.5, 0.6) is 5.75 Å². The van der Waals surface area contributed by atoms with Gasteiger partial charge in [0, 0.05) is 6.54 Å². The first-order valence-electron chi connectivity index (χ1n) is 8.99. The predicted octanol–water partition coefficient (Wildman–Crippen LogP) is 3.57. The molecule has 0 saturated carbocycles. The van der Waals surface area contributed by atoms with Crippen molar-refractivity contribution in [1.82, 2.24) is 5.32 Å². The molecule has 0 aliphatic carbocycles. The monoisotopic (exact) mass is 375 g/mol. The Kier molecular flexibility index (Phi) is 6.41. The normalized spacial score (nSPS) is 10.3. The second-order valence-corrected chi connectivity index (χ2v) is 6.29. The number of rotatable bonds is 7. The number of ether oxygens (including phenoxy) is 1. The standard InChI is InChI=1S/C23H21NO4/c25-21-12-10-19(11-13-21)18-6-8-20(9-7-18)23(27)28-16-22(26)24-15-14-17-4-2-1-3-5-17/h1-13,25H,14-16H2,(H,24,26). The van der Waals surface area contributed by atoms with Crippen LogP contribution in [0.4, 0.5) is 0 Å². The number of carbonyl (C=O) groups is 2. The van der Waals surface area contributed by atoms with Gasteiger partial charge in [0.05, 0.1) is 5.56 Å². The number of hydrogen-bond donors (Lipinski definition) is 2. The quantitative estimate of drug-likeness (QED) is 0.619. The van der Waals surface area contributed by atoms with Crippen molar-refractivity contribution in [2.75, 3.05) is 13.2 Å². The highest BCUT2D eigenvalue weighted by Gasteiger charge is 2.10. The van der Waals surface area contributed by atoms with Crippen molar-refractivity contribution in [3.05, 3.63) is 90.0 Å². The van der Waals surface area contributed by atoms with Crippen molar-refractivity contribution < 1.29 is 19.4 Å². The molecule has 0 unspecified atom stereocenters. The van der Waals surface area contributed by atoms with Crippen LogP contribution in [0.15, 0.2) is 78.9 Å². The molecule has 3 aromatic rings. The molecule has 5 heteroatoms. The van der Waals surface area contributed by atoms with E-state index >= 15 is 0 Å². The molecule has 1 amide bonds. The average molecular weight is 375 g/mol. The number of esters is 1. The average Bonchev–Trinajstić information content (AvgIpc) is 2.73. The van der Waals surface area contributed by atoms with Gasteiger partial charge in [-0.15, -0.1) is 0 Å². The van der Waals surface area contributed by atoms with E-state index in [0.29, 0.717) is 12.1 Å². The molecule has 0 heterocycles. The molecule has 0 atom stereocenters. The highest BCUT2D eigenvalue weighted by molar-refractivity contribution is 5.91. The molecular formula is C23H21NO4. The van der Waals surface area contributed by atoms with E-state index in [9.17, 15) is 14.7 Å². The number of nitrogens with one attached hydrogen (secondary N) is 1. The van der Waals surface area contributed by atoms with Crippen molar-refractivity contribution >= 4 is 11.9 Å². The number of benzene rings is 3. The van der Waals surface area contributed by atoms with Gasteiger partial charge in [0.25, 0.3) is 5.91 Å². The van der Waals surface area contributed by atoms with E-state index in [0.717, 1.165) is 23.1 Å². The molecule has 0 spiro atoms. The van der Waals surface area contributed by atoms with Crippen LogP contribution in [0.1, 0.15) is 15.9 Å². The minimum atomic E-state index is -0.546. The van der Waals surface area contributed by atoms with Gasteiger partial charge in [0.1, 0.15) is 5.75 Å². The lowest BCUT2D eigenvalue weighted by Crippen LogP contribution is -2.30. The smallest absolute Gasteiger partial charge is 0.338 e. The van der Waals surface area contributed by atoms with Crippen LogP contribution in [0.3, 0.4) is 0 Å². The summed E-state index contributed by atoms with van der Waals surface area (Å²) in [6, 6.07) is 23.5. The Hall–Kier alpha value is -3.60. The zero-order valence-electron chi connectivity index (χ0n) is 15.3. The van der Waals surface area contributed by atoms with Crippen molar-refractivity contribution in [1.29, 1.82) is 0 Å². The fourth-order valence-electron chi connectivity index (χ4n) is 2.71. The SMILES string of the molecule is O=C(COC(=O)c1ccc(-c2ccc(O)cc2)cc1)NCCc1ccccc1. The maximum atomic E-state index is 12.1. The molecule has 0 aliphatic rings. The van der Waals surface area contributed by atoms with E-state index in [2.05, 4.69) is 5.32 Å². The molecule has 0 fully saturated rings. The minimum Gasteiger partial charge on any atom is -0.508 e. The second-order valence-electron chi connectivity index (χ2n) is 6.29. The fourth-order valence-corrected chi connectivity index (χ4v) is 2.71. The van der Waals surface area contributed by atoms with Crippen LogP contribution in [0.2, 0.25) is 0 Å². The zero-order valence-corrected chi connectivity index (χ0v) is 15.3. The third kappa shape index (κ3) is 5.45. The number of carbonyl (C=O) groups excluding carboxylic acids is 2. The minimum absolute atomic E-state index is 0.200. The van der Waals surface area contributed by atoms with Crippen LogP contribution in [0.25, 0.3) is 11.1 Å². The first-order chi connectivity index (χ1) is 13.6. The van der Waals surface area contributed by atoms with E-state index in [1.165, 1.54) is 0 Å². The lowest BCUT2D eigenvalue weighted by Gasteiger charge is -2.07. The van der Waals surface area contributed by atoms with Crippen molar-refractivity contribution in [3.8, 4) is 16.9 Å². The van der Waals surface area contributed by atoms with E-state index in [-0.39, 0.29) is 18.3 Å².